The van der Waals surface area contributed by atoms with Crippen molar-refractivity contribution in [2.75, 3.05) is 0 Å². The molecule has 9 heavy (non-hydrogen) atoms. The molecular weight excluding hydrogens is 183 g/mol. The van der Waals surface area contributed by atoms with Gasteiger partial charge in [0, 0.05) is 4.83 Å². The number of alkyl halides is 2. The van der Waals surface area contributed by atoms with E-state index in [9.17, 15) is 4.39 Å². The summed E-state index contributed by atoms with van der Waals surface area (Å²) in [6, 6.07) is 0. The topological polar surface area (TPSA) is 0 Å². The molecule has 2 heteroatoms. The lowest BCUT2D eigenvalue weighted by atomic mass is 9.89. The monoisotopic (exact) mass is 194 g/mol. The molecular formula is C7H12BrF. The first kappa shape index (κ1) is 7.52. The average molecular weight is 195 g/mol. The van der Waals surface area contributed by atoms with Crippen LogP contribution in [0.4, 0.5) is 4.39 Å². The van der Waals surface area contributed by atoms with Gasteiger partial charge in [0.15, 0.2) is 0 Å². The minimum absolute atomic E-state index is 0.427. The SMILES string of the molecule is CC1CC(F)CC(Br)C1. The highest BCUT2D eigenvalue weighted by molar-refractivity contribution is 9.09. The van der Waals surface area contributed by atoms with Gasteiger partial charge in [-0.25, -0.2) is 4.39 Å². The van der Waals surface area contributed by atoms with Crippen LogP contribution in [0.25, 0.3) is 0 Å². The van der Waals surface area contributed by atoms with Gasteiger partial charge in [-0.15, -0.1) is 0 Å². The Balaban J connectivity index is 2.34. The molecule has 1 aliphatic rings. The molecule has 0 bridgehead atoms. The molecule has 1 aliphatic carbocycles. The molecule has 0 nitrogen and oxygen atoms in total. The van der Waals surface area contributed by atoms with Gasteiger partial charge in [-0.3, -0.25) is 0 Å². The minimum atomic E-state index is -0.557. The zero-order valence-electron chi connectivity index (χ0n) is 5.61. The van der Waals surface area contributed by atoms with E-state index in [1.165, 1.54) is 0 Å². The van der Waals surface area contributed by atoms with Crippen LogP contribution in [0.5, 0.6) is 0 Å². The van der Waals surface area contributed by atoms with E-state index in [2.05, 4.69) is 22.9 Å². The van der Waals surface area contributed by atoms with E-state index in [1.54, 1.807) is 0 Å². The summed E-state index contributed by atoms with van der Waals surface area (Å²) in [5.74, 6) is 0.568. The van der Waals surface area contributed by atoms with Crippen LogP contribution in [0.15, 0.2) is 0 Å². The van der Waals surface area contributed by atoms with E-state index in [0.717, 1.165) is 12.8 Å². The largest absolute Gasteiger partial charge is 0.247 e. The first-order valence-electron chi connectivity index (χ1n) is 3.46. The maximum atomic E-state index is 12.7. The quantitative estimate of drug-likeness (QED) is 0.521. The minimum Gasteiger partial charge on any atom is -0.247 e. The van der Waals surface area contributed by atoms with E-state index >= 15 is 0 Å². The van der Waals surface area contributed by atoms with Gasteiger partial charge in [-0.2, -0.15) is 0 Å². The van der Waals surface area contributed by atoms with Crippen LogP contribution in [0.3, 0.4) is 0 Å². The standard InChI is InChI=1S/C7H12BrF/c1-5-2-6(8)4-7(9)3-5/h5-7H,2-4H2,1H3. The third kappa shape index (κ3) is 2.24. The average Bonchev–Trinajstić information content (AvgIpc) is 1.59. The Morgan fingerprint density at radius 3 is 2.44 bits per heavy atom. The molecule has 0 saturated heterocycles. The van der Waals surface area contributed by atoms with Gasteiger partial charge >= 0.3 is 0 Å². The number of rotatable bonds is 0. The summed E-state index contributed by atoms with van der Waals surface area (Å²) in [6.45, 7) is 2.11. The third-order valence-corrected chi connectivity index (χ3v) is 2.58. The molecule has 1 saturated carbocycles. The summed E-state index contributed by atoms with van der Waals surface area (Å²) in [4.78, 5) is 0.427. The molecule has 3 unspecified atom stereocenters. The van der Waals surface area contributed by atoms with Crippen molar-refractivity contribution in [2.24, 2.45) is 5.92 Å². The van der Waals surface area contributed by atoms with Gasteiger partial charge in [-0.05, 0) is 25.2 Å². The fourth-order valence-electron chi connectivity index (χ4n) is 1.44. The van der Waals surface area contributed by atoms with Crippen LogP contribution in [0.1, 0.15) is 26.2 Å². The van der Waals surface area contributed by atoms with Gasteiger partial charge in [0.05, 0.1) is 0 Å². The molecule has 0 aromatic heterocycles. The molecule has 0 spiro atoms. The van der Waals surface area contributed by atoms with E-state index in [0.29, 0.717) is 17.2 Å². The second-order valence-electron chi connectivity index (χ2n) is 3.01. The molecule has 0 aromatic carbocycles. The van der Waals surface area contributed by atoms with Crippen LogP contribution in [-0.4, -0.2) is 11.0 Å². The van der Waals surface area contributed by atoms with Crippen molar-refractivity contribution in [3.05, 3.63) is 0 Å². The first-order valence-corrected chi connectivity index (χ1v) is 4.38. The highest BCUT2D eigenvalue weighted by Crippen LogP contribution is 2.30. The van der Waals surface area contributed by atoms with Crippen LogP contribution >= 0.6 is 15.9 Å². The van der Waals surface area contributed by atoms with Crippen molar-refractivity contribution in [3.63, 3.8) is 0 Å². The van der Waals surface area contributed by atoms with Gasteiger partial charge in [0.25, 0.3) is 0 Å². The molecule has 0 radical (unpaired) electrons. The summed E-state index contributed by atoms with van der Waals surface area (Å²) in [7, 11) is 0. The van der Waals surface area contributed by atoms with E-state index in [-0.39, 0.29) is 0 Å². The van der Waals surface area contributed by atoms with Crippen LogP contribution < -0.4 is 0 Å². The normalized spacial score (nSPS) is 45.0. The van der Waals surface area contributed by atoms with Gasteiger partial charge < -0.3 is 0 Å². The smallest absolute Gasteiger partial charge is 0.101 e. The second-order valence-corrected chi connectivity index (χ2v) is 4.30. The van der Waals surface area contributed by atoms with Crippen LogP contribution in [0.2, 0.25) is 0 Å². The molecule has 3 atom stereocenters. The summed E-state index contributed by atoms with van der Waals surface area (Å²) in [5, 5.41) is 0. The van der Waals surface area contributed by atoms with E-state index in [1.807, 2.05) is 0 Å². The van der Waals surface area contributed by atoms with Gasteiger partial charge in [0.1, 0.15) is 6.17 Å². The fraction of sp³-hybridized carbons (Fsp3) is 1.00. The molecule has 1 fully saturated rings. The van der Waals surface area contributed by atoms with Crippen LogP contribution in [0, 0.1) is 5.92 Å². The van der Waals surface area contributed by atoms with E-state index in [4.69, 9.17) is 0 Å². The maximum absolute atomic E-state index is 12.7. The molecule has 54 valence electrons. The van der Waals surface area contributed by atoms with E-state index < -0.39 is 6.17 Å². The summed E-state index contributed by atoms with van der Waals surface area (Å²) in [5.41, 5.74) is 0. The third-order valence-electron chi connectivity index (χ3n) is 1.83. The lowest BCUT2D eigenvalue weighted by Crippen LogP contribution is -2.21. The van der Waals surface area contributed by atoms with Crippen molar-refractivity contribution in [1.29, 1.82) is 0 Å². The summed E-state index contributed by atoms with van der Waals surface area (Å²) < 4.78 is 12.7. The lowest BCUT2D eigenvalue weighted by molar-refractivity contribution is 0.215. The Hall–Kier alpha value is 0.410. The Labute approximate surface area is 64.0 Å². The second kappa shape index (κ2) is 3.00. The number of hydrogen-bond acceptors (Lipinski definition) is 0. The number of hydrogen-bond donors (Lipinski definition) is 0. The predicted octanol–water partition coefficient (Wildman–Crippen LogP) is 2.91. The molecule has 0 amide bonds. The van der Waals surface area contributed by atoms with Gasteiger partial charge in [0.2, 0.25) is 0 Å². The number of halogens is 2. The molecule has 0 aliphatic heterocycles. The fourth-order valence-corrected chi connectivity index (χ4v) is 2.48. The van der Waals surface area contributed by atoms with Crippen molar-refractivity contribution in [1.82, 2.24) is 0 Å². The van der Waals surface area contributed by atoms with Crippen molar-refractivity contribution < 1.29 is 4.39 Å². The van der Waals surface area contributed by atoms with Crippen molar-refractivity contribution >= 4 is 15.9 Å². The first-order chi connectivity index (χ1) is 4.18. The summed E-state index contributed by atoms with van der Waals surface area (Å²) in [6.07, 6.45) is 2.06. The highest BCUT2D eigenvalue weighted by atomic mass is 79.9. The van der Waals surface area contributed by atoms with Gasteiger partial charge in [-0.1, -0.05) is 22.9 Å². The zero-order chi connectivity index (χ0) is 6.85. The molecule has 0 aromatic rings. The Morgan fingerprint density at radius 1 is 1.33 bits per heavy atom. The Morgan fingerprint density at radius 2 is 2.00 bits per heavy atom. The molecule has 0 heterocycles. The lowest BCUT2D eigenvalue weighted by Gasteiger charge is -2.25. The van der Waals surface area contributed by atoms with Crippen LogP contribution in [-0.2, 0) is 0 Å². The Kier molecular flexibility index (Phi) is 2.50. The molecule has 0 N–H and O–H groups in total. The van der Waals surface area contributed by atoms with Crippen molar-refractivity contribution in [3.8, 4) is 0 Å². The highest BCUT2D eigenvalue weighted by Gasteiger charge is 2.23. The zero-order valence-corrected chi connectivity index (χ0v) is 7.20. The predicted molar refractivity (Wildman–Crippen MR) is 40.6 cm³/mol. The Bertz CT molecular complexity index is 69.9. The summed E-state index contributed by atoms with van der Waals surface area (Å²) >= 11 is 3.43. The molecule has 1 rings (SSSR count). The maximum Gasteiger partial charge on any atom is 0.101 e. The van der Waals surface area contributed by atoms with Crippen molar-refractivity contribution in [2.45, 2.75) is 37.2 Å².